The van der Waals surface area contributed by atoms with Gasteiger partial charge in [0.05, 0.1) is 15.5 Å². The number of halogens is 1. The number of carbonyl (C=O) groups is 2. The van der Waals surface area contributed by atoms with Crippen molar-refractivity contribution in [1.29, 1.82) is 0 Å². The second-order valence-corrected chi connectivity index (χ2v) is 7.70. The smallest absolute Gasteiger partial charge is 0.270 e. The Morgan fingerprint density at radius 2 is 1.90 bits per heavy atom. The summed E-state index contributed by atoms with van der Waals surface area (Å²) in [6, 6.07) is 11.9. The molecule has 0 aromatic heterocycles. The molecule has 2 aromatic rings. The normalized spacial score (nSPS) is 12.9. The van der Waals surface area contributed by atoms with E-state index < -0.39 is 4.92 Å². The van der Waals surface area contributed by atoms with Crippen LogP contribution in [0.3, 0.4) is 0 Å². The van der Waals surface area contributed by atoms with E-state index in [4.69, 9.17) is 11.6 Å². The fourth-order valence-corrected chi connectivity index (χ4v) is 3.90. The lowest BCUT2D eigenvalue weighted by Crippen LogP contribution is -2.39. The van der Waals surface area contributed by atoms with Crippen LogP contribution in [0.25, 0.3) is 0 Å². The van der Waals surface area contributed by atoms with Gasteiger partial charge >= 0.3 is 0 Å². The molecule has 0 saturated heterocycles. The molecule has 2 aromatic carbocycles. The van der Waals surface area contributed by atoms with E-state index in [2.05, 4.69) is 6.07 Å². The largest absolute Gasteiger partial charge is 0.338 e. The molecule has 2 amide bonds. The fraction of sp³-hybridized carbons (Fsp3) is 0.364. The lowest BCUT2D eigenvalue weighted by atomic mass is 10.00. The Bertz CT molecular complexity index is 963. The van der Waals surface area contributed by atoms with Crippen LogP contribution in [0.1, 0.15) is 41.3 Å². The topological polar surface area (TPSA) is 83.8 Å². The van der Waals surface area contributed by atoms with Crippen molar-refractivity contribution in [3.8, 4) is 0 Å². The predicted molar refractivity (Wildman–Crippen MR) is 114 cm³/mol. The average molecular weight is 430 g/mol. The van der Waals surface area contributed by atoms with E-state index >= 15 is 0 Å². The highest BCUT2D eigenvalue weighted by atomic mass is 35.5. The summed E-state index contributed by atoms with van der Waals surface area (Å²) >= 11 is 6.12. The van der Waals surface area contributed by atoms with Crippen LogP contribution in [0.2, 0.25) is 5.02 Å². The second kappa shape index (κ2) is 9.71. The van der Waals surface area contributed by atoms with E-state index in [1.54, 1.807) is 4.90 Å². The van der Waals surface area contributed by atoms with Crippen molar-refractivity contribution >= 4 is 29.1 Å². The SMILES string of the molecule is CCCN(CCC(=O)N1CCc2ccccc2C1)C(=O)c1ccc([N+](=O)[O-])cc1Cl. The second-order valence-electron chi connectivity index (χ2n) is 7.30. The Morgan fingerprint density at radius 3 is 2.57 bits per heavy atom. The monoisotopic (exact) mass is 429 g/mol. The molecule has 0 bridgehead atoms. The van der Waals surface area contributed by atoms with Gasteiger partial charge in [0.2, 0.25) is 5.91 Å². The van der Waals surface area contributed by atoms with Gasteiger partial charge in [-0.1, -0.05) is 42.8 Å². The van der Waals surface area contributed by atoms with Gasteiger partial charge in [-0.05, 0) is 30.0 Å². The summed E-state index contributed by atoms with van der Waals surface area (Å²) in [6.45, 7) is 3.96. The van der Waals surface area contributed by atoms with Crippen LogP contribution in [0.5, 0.6) is 0 Å². The third-order valence-electron chi connectivity index (χ3n) is 5.25. The number of amides is 2. The van der Waals surface area contributed by atoms with Crippen LogP contribution in [0.4, 0.5) is 5.69 Å². The Balaban J connectivity index is 1.65. The molecule has 8 heteroatoms. The van der Waals surface area contributed by atoms with Gasteiger partial charge in [0.25, 0.3) is 11.6 Å². The Hall–Kier alpha value is -2.93. The molecule has 0 aliphatic carbocycles. The van der Waals surface area contributed by atoms with Gasteiger partial charge in [-0.3, -0.25) is 19.7 Å². The minimum Gasteiger partial charge on any atom is -0.338 e. The number of nitro groups is 1. The first kappa shape index (κ1) is 21.8. The first-order valence-corrected chi connectivity index (χ1v) is 10.4. The number of non-ortho nitro benzene ring substituents is 1. The van der Waals surface area contributed by atoms with Crippen molar-refractivity contribution in [3.63, 3.8) is 0 Å². The number of rotatable bonds is 7. The van der Waals surface area contributed by atoms with Gasteiger partial charge in [0.1, 0.15) is 0 Å². The third kappa shape index (κ3) is 4.97. The Kier molecular flexibility index (Phi) is 7.05. The molecular weight excluding hydrogens is 406 g/mol. The molecule has 0 N–H and O–H groups in total. The molecular formula is C22H24ClN3O4. The fourth-order valence-electron chi connectivity index (χ4n) is 3.64. The summed E-state index contributed by atoms with van der Waals surface area (Å²) in [5.41, 5.74) is 2.47. The number of benzene rings is 2. The molecule has 0 atom stereocenters. The molecule has 1 heterocycles. The summed E-state index contributed by atoms with van der Waals surface area (Å²) in [5, 5.41) is 10.9. The highest BCUT2D eigenvalue weighted by Gasteiger charge is 2.24. The van der Waals surface area contributed by atoms with E-state index in [-0.39, 0.29) is 41.1 Å². The molecule has 1 aliphatic rings. The predicted octanol–water partition coefficient (Wildman–Crippen LogP) is 4.08. The molecule has 0 fully saturated rings. The molecule has 7 nitrogen and oxygen atoms in total. The zero-order valence-corrected chi connectivity index (χ0v) is 17.6. The number of hydrogen-bond donors (Lipinski definition) is 0. The summed E-state index contributed by atoms with van der Waals surface area (Å²) in [5.74, 6) is -0.318. The molecule has 0 spiro atoms. The van der Waals surface area contributed by atoms with Gasteiger partial charge in [0, 0.05) is 44.7 Å². The maximum absolute atomic E-state index is 12.9. The number of carbonyl (C=O) groups excluding carboxylic acids is 2. The zero-order chi connectivity index (χ0) is 21.7. The molecule has 1 aliphatic heterocycles. The van der Waals surface area contributed by atoms with Crippen LogP contribution in [0, 0.1) is 10.1 Å². The van der Waals surface area contributed by atoms with Crippen molar-refractivity contribution in [1.82, 2.24) is 9.80 Å². The van der Waals surface area contributed by atoms with Crippen LogP contribution in [-0.2, 0) is 17.8 Å². The van der Waals surface area contributed by atoms with Crippen molar-refractivity contribution in [2.24, 2.45) is 0 Å². The van der Waals surface area contributed by atoms with E-state index in [1.807, 2.05) is 30.0 Å². The van der Waals surface area contributed by atoms with E-state index in [0.29, 0.717) is 19.6 Å². The summed E-state index contributed by atoms with van der Waals surface area (Å²) in [4.78, 5) is 39.4. The van der Waals surface area contributed by atoms with Gasteiger partial charge in [-0.15, -0.1) is 0 Å². The maximum atomic E-state index is 12.9. The van der Waals surface area contributed by atoms with E-state index in [9.17, 15) is 19.7 Å². The van der Waals surface area contributed by atoms with Crippen LogP contribution in [0.15, 0.2) is 42.5 Å². The first-order chi connectivity index (χ1) is 14.4. The van der Waals surface area contributed by atoms with E-state index in [0.717, 1.165) is 18.4 Å². The minimum absolute atomic E-state index is 0.00759. The first-order valence-electron chi connectivity index (χ1n) is 9.98. The number of nitrogens with zero attached hydrogens (tertiary/aromatic N) is 3. The van der Waals surface area contributed by atoms with Gasteiger partial charge in [0.15, 0.2) is 0 Å². The molecule has 0 saturated carbocycles. The van der Waals surface area contributed by atoms with Gasteiger partial charge < -0.3 is 9.80 Å². The van der Waals surface area contributed by atoms with Gasteiger partial charge in [-0.25, -0.2) is 0 Å². The van der Waals surface area contributed by atoms with Crippen molar-refractivity contribution in [2.75, 3.05) is 19.6 Å². The maximum Gasteiger partial charge on any atom is 0.270 e. The van der Waals surface area contributed by atoms with Crippen LogP contribution < -0.4 is 0 Å². The Labute approximate surface area is 180 Å². The van der Waals surface area contributed by atoms with Crippen molar-refractivity contribution in [2.45, 2.75) is 32.7 Å². The number of fused-ring (bicyclic) bond motifs is 1. The standard InChI is InChI=1S/C22H24ClN3O4/c1-2-11-24(22(28)19-8-7-18(26(29)30)14-20(19)23)13-10-21(27)25-12-9-16-5-3-4-6-17(16)15-25/h3-8,14H,2,9-13,15H2,1H3. The lowest BCUT2D eigenvalue weighted by molar-refractivity contribution is -0.384. The average Bonchev–Trinajstić information content (AvgIpc) is 2.75. The van der Waals surface area contributed by atoms with Gasteiger partial charge in [-0.2, -0.15) is 0 Å². The van der Waals surface area contributed by atoms with Crippen LogP contribution in [-0.4, -0.2) is 46.2 Å². The van der Waals surface area contributed by atoms with Crippen molar-refractivity contribution < 1.29 is 14.5 Å². The Morgan fingerprint density at radius 1 is 1.17 bits per heavy atom. The summed E-state index contributed by atoms with van der Waals surface area (Å²) in [7, 11) is 0. The van der Waals surface area contributed by atoms with Crippen LogP contribution >= 0.6 is 11.6 Å². The zero-order valence-electron chi connectivity index (χ0n) is 16.8. The summed E-state index contributed by atoms with van der Waals surface area (Å²) in [6.07, 6.45) is 1.78. The highest BCUT2D eigenvalue weighted by Crippen LogP contribution is 2.24. The number of hydrogen-bond acceptors (Lipinski definition) is 4. The van der Waals surface area contributed by atoms with E-state index in [1.165, 1.54) is 23.8 Å². The summed E-state index contributed by atoms with van der Waals surface area (Å²) < 4.78 is 0. The minimum atomic E-state index is -0.556. The lowest BCUT2D eigenvalue weighted by Gasteiger charge is -2.30. The molecule has 3 rings (SSSR count). The third-order valence-corrected chi connectivity index (χ3v) is 5.57. The highest BCUT2D eigenvalue weighted by molar-refractivity contribution is 6.34. The molecule has 30 heavy (non-hydrogen) atoms. The van der Waals surface area contributed by atoms with Crippen molar-refractivity contribution in [3.05, 3.63) is 74.3 Å². The molecule has 0 radical (unpaired) electrons. The number of nitro benzene ring substituents is 1. The molecule has 158 valence electrons. The quantitative estimate of drug-likeness (QED) is 0.490. The molecule has 0 unspecified atom stereocenters.